The lowest BCUT2D eigenvalue weighted by Gasteiger charge is -2.36. The van der Waals surface area contributed by atoms with Crippen molar-refractivity contribution >= 4 is 0 Å². The largest absolute Gasteiger partial charge is 0.356 e. The predicted molar refractivity (Wildman–Crippen MR) is 107 cm³/mol. The second-order valence-corrected chi connectivity index (χ2v) is 6.93. The standard InChI is InChI=1S/C25H23FO/c26-24-18-10-11-20(24)19-27-25(21-12-4-1-5-13-21,22-14-6-2-7-15-22)23-16-8-3-9-17-23/h1-9,12-17H,10-11,18-19H2. The summed E-state index contributed by atoms with van der Waals surface area (Å²) >= 11 is 0. The Morgan fingerprint density at radius 2 is 1.11 bits per heavy atom. The molecule has 0 aromatic heterocycles. The highest BCUT2D eigenvalue weighted by molar-refractivity contribution is 5.47. The molecule has 4 rings (SSSR count). The number of ether oxygens (including phenoxy) is 1. The Kier molecular flexibility index (Phi) is 5.17. The van der Waals surface area contributed by atoms with Gasteiger partial charge in [0.25, 0.3) is 0 Å². The molecule has 1 nitrogen and oxygen atoms in total. The lowest BCUT2D eigenvalue weighted by Crippen LogP contribution is -2.33. The average Bonchev–Trinajstić information content (AvgIpc) is 3.16. The Morgan fingerprint density at radius 1 is 0.667 bits per heavy atom. The summed E-state index contributed by atoms with van der Waals surface area (Å²) in [7, 11) is 0. The Morgan fingerprint density at radius 3 is 1.48 bits per heavy atom. The van der Waals surface area contributed by atoms with Crippen molar-refractivity contribution in [1.82, 2.24) is 0 Å². The molecule has 3 aromatic rings. The van der Waals surface area contributed by atoms with E-state index in [-0.39, 0.29) is 5.83 Å². The van der Waals surface area contributed by atoms with Gasteiger partial charge < -0.3 is 4.74 Å². The highest BCUT2D eigenvalue weighted by Crippen LogP contribution is 2.41. The third-order valence-electron chi connectivity index (χ3n) is 5.26. The van der Waals surface area contributed by atoms with Gasteiger partial charge in [0.2, 0.25) is 0 Å². The van der Waals surface area contributed by atoms with Crippen molar-refractivity contribution in [2.75, 3.05) is 6.61 Å². The molecule has 0 fully saturated rings. The van der Waals surface area contributed by atoms with E-state index in [2.05, 4.69) is 36.4 Å². The Balaban J connectivity index is 1.88. The summed E-state index contributed by atoms with van der Waals surface area (Å²) < 4.78 is 20.8. The first kappa shape index (κ1) is 17.7. The van der Waals surface area contributed by atoms with Crippen LogP contribution in [0.3, 0.4) is 0 Å². The maximum Gasteiger partial charge on any atom is 0.144 e. The molecule has 0 N–H and O–H groups in total. The Labute approximate surface area is 160 Å². The molecule has 2 heteroatoms. The third kappa shape index (κ3) is 3.45. The minimum Gasteiger partial charge on any atom is -0.356 e. The number of hydrogen-bond acceptors (Lipinski definition) is 1. The number of benzene rings is 3. The molecule has 1 aliphatic carbocycles. The quantitative estimate of drug-likeness (QED) is 0.463. The molecule has 0 heterocycles. The molecular weight excluding hydrogens is 335 g/mol. The molecule has 0 saturated heterocycles. The average molecular weight is 358 g/mol. The molecule has 136 valence electrons. The van der Waals surface area contributed by atoms with Crippen LogP contribution in [0, 0.1) is 0 Å². The molecule has 0 amide bonds. The van der Waals surface area contributed by atoms with Gasteiger partial charge in [-0.1, -0.05) is 91.0 Å². The number of allylic oxidation sites excluding steroid dienone is 1. The van der Waals surface area contributed by atoms with Crippen LogP contribution in [0.4, 0.5) is 4.39 Å². The smallest absolute Gasteiger partial charge is 0.144 e. The van der Waals surface area contributed by atoms with E-state index in [4.69, 9.17) is 4.74 Å². The molecule has 1 aliphatic rings. The second-order valence-electron chi connectivity index (χ2n) is 6.93. The molecule has 0 aliphatic heterocycles. The zero-order valence-electron chi connectivity index (χ0n) is 15.3. The van der Waals surface area contributed by atoms with Gasteiger partial charge in [0.05, 0.1) is 6.61 Å². The maximum atomic E-state index is 14.2. The molecule has 0 unspecified atom stereocenters. The fourth-order valence-corrected chi connectivity index (χ4v) is 3.88. The van der Waals surface area contributed by atoms with Gasteiger partial charge in [0.1, 0.15) is 11.4 Å². The molecule has 0 radical (unpaired) electrons. The van der Waals surface area contributed by atoms with Gasteiger partial charge in [-0.3, -0.25) is 0 Å². The molecule has 27 heavy (non-hydrogen) atoms. The van der Waals surface area contributed by atoms with Crippen molar-refractivity contribution in [2.45, 2.75) is 24.9 Å². The van der Waals surface area contributed by atoms with Gasteiger partial charge >= 0.3 is 0 Å². The predicted octanol–water partition coefficient (Wildman–Crippen LogP) is 6.40. The first-order valence-corrected chi connectivity index (χ1v) is 9.47. The van der Waals surface area contributed by atoms with Gasteiger partial charge in [0.15, 0.2) is 0 Å². The van der Waals surface area contributed by atoms with E-state index in [0.717, 1.165) is 35.1 Å². The van der Waals surface area contributed by atoms with E-state index in [0.29, 0.717) is 13.0 Å². The first-order valence-electron chi connectivity index (χ1n) is 9.47. The van der Waals surface area contributed by atoms with E-state index < -0.39 is 5.60 Å². The Hall–Kier alpha value is -2.71. The Bertz CT molecular complexity index is 804. The van der Waals surface area contributed by atoms with Crippen LogP contribution in [0.1, 0.15) is 36.0 Å². The molecule has 3 aromatic carbocycles. The molecule has 0 spiro atoms. The van der Waals surface area contributed by atoms with Crippen LogP contribution < -0.4 is 0 Å². The summed E-state index contributed by atoms with van der Waals surface area (Å²) in [5.41, 5.74) is 3.14. The first-order chi connectivity index (χ1) is 13.3. The van der Waals surface area contributed by atoms with Crippen LogP contribution in [-0.4, -0.2) is 6.61 Å². The van der Waals surface area contributed by atoms with Gasteiger partial charge in [-0.05, 0) is 41.5 Å². The van der Waals surface area contributed by atoms with E-state index in [1.807, 2.05) is 54.6 Å². The van der Waals surface area contributed by atoms with E-state index >= 15 is 0 Å². The summed E-state index contributed by atoms with van der Waals surface area (Å²) in [6.45, 7) is 0.296. The number of halogens is 1. The zero-order chi connectivity index (χ0) is 18.5. The zero-order valence-corrected chi connectivity index (χ0v) is 15.3. The van der Waals surface area contributed by atoms with E-state index in [1.54, 1.807) is 0 Å². The van der Waals surface area contributed by atoms with Gasteiger partial charge in [-0.2, -0.15) is 0 Å². The van der Waals surface area contributed by atoms with Crippen molar-refractivity contribution in [1.29, 1.82) is 0 Å². The lowest BCUT2D eigenvalue weighted by atomic mass is 9.80. The minimum absolute atomic E-state index is 0.00177. The van der Waals surface area contributed by atoms with Gasteiger partial charge in [-0.25, -0.2) is 4.39 Å². The third-order valence-corrected chi connectivity index (χ3v) is 5.26. The van der Waals surface area contributed by atoms with Crippen molar-refractivity contribution in [2.24, 2.45) is 0 Å². The summed E-state index contributed by atoms with van der Waals surface area (Å²) in [4.78, 5) is 0. The highest BCUT2D eigenvalue weighted by Gasteiger charge is 2.38. The van der Waals surface area contributed by atoms with Crippen LogP contribution in [0.2, 0.25) is 0 Å². The fraction of sp³-hybridized carbons (Fsp3) is 0.200. The minimum atomic E-state index is -0.778. The molecule has 0 bridgehead atoms. The summed E-state index contributed by atoms with van der Waals surface area (Å²) in [5.74, 6) is -0.00177. The molecule has 0 saturated carbocycles. The summed E-state index contributed by atoms with van der Waals surface area (Å²) in [6, 6.07) is 30.6. The van der Waals surface area contributed by atoms with Gasteiger partial charge in [0, 0.05) is 0 Å². The second kappa shape index (κ2) is 7.89. The number of rotatable bonds is 6. The van der Waals surface area contributed by atoms with E-state index in [9.17, 15) is 4.39 Å². The lowest BCUT2D eigenvalue weighted by molar-refractivity contribution is 0.0264. The van der Waals surface area contributed by atoms with Crippen LogP contribution in [0.25, 0.3) is 0 Å². The summed E-state index contributed by atoms with van der Waals surface area (Å²) in [5, 5.41) is 0. The van der Waals surface area contributed by atoms with Crippen molar-refractivity contribution in [3.05, 3.63) is 119 Å². The van der Waals surface area contributed by atoms with Crippen molar-refractivity contribution in [3.63, 3.8) is 0 Å². The van der Waals surface area contributed by atoms with Crippen LogP contribution >= 0.6 is 0 Å². The molecular formula is C25H23FO. The summed E-state index contributed by atoms with van der Waals surface area (Å²) in [6.07, 6.45) is 2.19. The van der Waals surface area contributed by atoms with Crippen LogP contribution in [0.5, 0.6) is 0 Å². The highest BCUT2D eigenvalue weighted by atomic mass is 19.1. The van der Waals surface area contributed by atoms with Crippen molar-refractivity contribution in [3.8, 4) is 0 Å². The fourth-order valence-electron chi connectivity index (χ4n) is 3.88. The molecule has 0 atom stereocenters. The SMILES string of the molecule is FC1=C(COC(c2ccccc2)(c2ccccc2)c2ccccc2)CCC1. The van der Waals surface area contributed by atoms with E-state index in [1.165, 1.54) is 0 Å². The van der Waals surface area contributed by atoms with Crippen molar-refractivity contribution < 1.29 is 9.13 Å². The maximum absolute atomic E-state index is 14.2. The van der Waals surface area contributed by atoms with Crippen LogP contribution in [0.15, 0.2) is 102 Å². The number of hydrogen-bond donors (Lipinski definition) is 0. The normalized spacial score (nSPS) is 14.6. The van der Waals surface area contributed by atoms with Crippen LogP contribution in [-0.2, 0) is 10.3 Å². The van der Waals surface area contributed by atoms with Gasteiger partial charge in [-0.15, -0.1) is 0 Å². The monoisotopic (exact) mass is 358 g/mol. The topological polar surface area (TPSA) is 9.23 Å².